The Kier molecular flexibility index (Phi) is 8.86. The van der Waals surface area contributed by atoms with Crippen LogP contribution < -0.4 is 21.9 Å². The molecule has 8 nitrogen and oxygen atoms in total. The highest BCUT2D eigenvalue weighted by atomic mass is 16.2. The molecule has 1 aromatic carbocycles. The summed E-state index contributed by atoms with van der Waals surface area (Å²) >= 11 is 0. The first-order valence-electron chi connectivity index (χ1n) is 10.4. The fourth-order valence-corrected chi connectivity index (χ4v) is 3.37. The van der Waals surface area contributed by atoms with Gasteiger partial charge in [0.1, 0.15) is 5.82 Å². The molecular formula is C22H33N5O3. The van der Waals surface area contributed by atoms with Crippen LogP contribution in [0.4, 0.5) is 11.5 Å². The van der Waals surface area contributed by atoms with Crippen LogP contribution >= 0.6 is 0 Å². The summed E-state index contributed by atoms with van der Waals surface area (Å²) in [6.07, 6.45) is 1.94. The van der Waals surface area contributed by atoms with Crippen molar-refractivity contribution in [2.24, 2.45) is 14.1 Å². The van der Waals surface area contributed by atoms with Gasteiger partial charge >= 0.3 is 5.69 Å². The lowest BCUT2D eigenvalue weighted by Gasteiger charge is -2.23. The second kappa shape index (κ2) is 11.3. The third-order valence-electron chi connectivity index (χ3n) is 5.07. The summed E-state index contributed by atoms with van der Waals surface area (Å²) in [5, 5.41) is 6.56. The molecule has 8 heteroatoms. The quantitative estimate of drug-likeness (QED) is 0.407. The second-order valence-electron chi connectivity index (χ2n) is 7.42. The van der Waals surface area contributed by atoms with Gasteiger partial charge in [0.2, 0.25) is 0 Å². The number of ketones is 1. The van der Waals surface area contributed by atoms with E-state index in [1.807, 2.05) is 24.3 Å². The van der Waals surface area contributed by atoms with E-state index in [0.717, 1.165) is 49.3 Å². The van der Waals surface area contributed by atoms with Gasteiger partial charge in [0.25, 0.3) is 5.56 Å². The third kappa shape index (κ3) is 6.32. The number of nitrogens with one attached hydrogen (secondary N) is 2. The van der Waals surface area contributed by atoms with Gasteiger partial charge in [-0.25, -0.2) is 4.79 Å². The van der Waals surface area contributed by atoms with Crippen molar-refractivity contribution in [3.05, 3.63) is 56.7 Å². The van der Waals surface area contributed by atoms with Crippen molar-refractivity contribution in [2.45, 2.75) is 26.7 Å². The molecule has 30 heavy (non-hydrogen) atoms. The van der Waals surface area contributed by atoms with Gasteiger partial charge in [0.05, 0.1) is 0 Å². The van der Waals surface area contributed by atoms with Gasteiger partial charge in [-0.2, -0.15) is 0 Å². The number of carbonyl (C=O) groups is 1. The molecule has 0 radical (unpaired) electrons. The zero-order valence-electron chi connectivity index (χ0n) is 18.4. The molecule has 0 saturated heterocycles. The molecule has 0 aliphatic rings. The Balaban J connectivity index is 1.83. The summed E-state index contributed by atoms with van der Waals surface area (Å²) in [7, 11) is 3.12. The molecule has 0 spiro atoms. The van der Waals surface area contributed by atoms with Gasteiger partial charge in [-0.15, -0.1) is 0 Å². The van der Waals surface area contributed by atoms with E-state index >= 15 is 0 Å². The van der Waals surface area contributed by atoms with Crippen LogP contribution in [0.3, 0.4) is 0 Å². The van der Waals surface area contributed by atoms with Gasteiger partial charge in [-0.1, -0.05) is 19.1 Å². The van der Waals surface area contributed by atoms with E-state index in [1.54, 1.807) is 14.0 Å². The maximum Gasteiger partial charge on any atom is 0.332 e. The van der Waals surface area contributed by atoms with E-state index in [9.17, 15) is 14.4 Å². The standard InChI is InChI=1S/C22H33N5O3/c1-5-13-27(15-12-23-19-10-7-6-9-18(19)17(2)28)14-8-11-24-20-16-21(29)26(4)22(30)25(20)3/h6-7,9-10,16,23-24H,5,8,11-15H2,1-4H3. The Morgan fingerprint density at radius 3 is 2.43 bits per heavy atom. The summed E-state index contributed by atoms with van der Waals surface area (Å²) in [6, 6.07) is 9.01. The SMILES string of the molecule is CCCN(CCCNc1cc(=O)n(C)c(=O)n1C)CCNc1ccccc1C(C)=O. The summed E-state index contributed by atoms with van der Waals surface area (Å²) in [4.78, 5) is 37.9. The number of para-hydroxylation sites is 1. The normalized spacial score (nSPS) is 11.0. The number of hydrogen-bond acceptors (Lipinski definition) is 6. The van der Waals surface area contributed by atoms with Crippen LogP contribution in [0.15, 0.2) is 39.9 Å². The lowest BCUT2D eigenvalue weighted by atomic mass is 10.1. The van der Waals surface area contributed by atoms with Crippen LogP contribution in [0, 0.1) is 0 Å². The van der Waals surface area contributed by atoms with Crippen LogP contribution in [0.25, 0.3) is 0 Å². The molecular weight excluding hydrogens is 382 g/mol. The van der Waals surface area contributed by atoms with Gasteiger partial charge in [-0.05, 0) is 45.0 Å². The number of anilines is 2. The highest BCUT2D eigenvalue weighted by Crippen LogP contribution is 2.15. The smallest absolute Gasteiger partial charge is 0.332 e. The fourth-order valence-electron chi connectivity index (χ4n) is 3.37. The summed E-state index contributed by atoms with van der Waals surface area (Å²) in [6.45, 7) is 7.90. The van der Waals surface area contributed by atoms with Crippen LogP contribution in [-0.4, -0.2) is 52.5 Å². The van der Waals surface area contributed by atoms with Crippen molar-refractivity contribution in [3.63, 3.8) is 0 Å². The van der Waals surface area contributed by atoms with Gasteiger partial charge in [-0.3, -0.25) is 18.7 Å². The summed E-state index contributed by atoms with van der Waals surface area (Å²) in [5.41, 5.74) is 0.928. The molecule has 0 bridgehead atoms. The molecule has 2 rings (SSSR count). The maximum atomic E-state index is 12.0. The van der Waals surface area contributed by atoms with Crippen molar-refractivity contribution in [3.8, 4) is 0 Å². The van der Waals surface area contributed by atoms with E-state index in [-0.39, 0.29) is 17.0 Å². The number of aromatic nitrogens is 2. The van der Waals surface area contributed by atoms with Crippen LogP contribution in [0.1, 0.15) is 37.0 Å². The summed E-state index contributed by atoms with van der Waals surface area (Å²) < 4.78 is 2.53. The van der Waals surface area contributed by atoms with E-state index in [0.29, 0.717) is 17.9 Å². The molecule has 2 N–H and O–H groups in total. The van der Waals surface area contributed by atoms with Crippen molar-refractivity contribution >= 4 is 17.3 Å². The maximum absolute atomic E-state index is 12.0. The number of carbonyl (C=O) groups excluding carboxylic acids is 1. The molecule has 2 aromatic rings. The highest BCUT2D eigenvalue weighted by molar-refractivity contribution is 5.99. The predicted molar refractivity (Wildman–Crippen MR) is 122 cm³/mol. The molecule has 164 valence electrons. The Labute approximate surface area is 177 Å². The molecule has 0 aliphatic carbocycles. The number of rotatable bonds is 12. The lowest BCUT2D eigenvalue weighted by Crippen LogP contribution is -2.37. The minimum absolute atomic E-state index is 0.0553. The van der Waals surface area contributed by atoms with Gasteiger partial charge in [0, 0.05) is 51.0 Å². The fraction of sp³-hybridized carbons (Fsp3) is 0.500. The minimum atomic E-state index is -0.338. The first-order chi connectivity index (χ1) is 14.3. The van der Waals surface area contributed by atoms with E-state index in [2.05, 4.69) is 22.5 Å². The van der Waals surface area contributed by atoms with Crippen molar-refractivity contribution in [1.82, 2.24) is 14.0 Å². The molecule has 1 heterocycles. The monoisotopic (exact) mass is 415 g/mol. The number of nitrogens with zero attached hydrogens (tertiary/aromatic N) is 3. The van der Waals surface area contributed by atoms with Crippen molar-refractivity contribution in [1.29, 1.82) is 0 Å². The number of benzene rings is 1. The molecule has 0 amide bonds. The van der Waals surface area contributed by atoms with E-state index in [1.165, 1.54) is 17.7 Å². The Morgan fingerprint density at radius 1 is 1.00 bits per heavy atom. The Morgan fingerprint density at radius 2 is 1.73 bits per heavy atom. The molecule has 1 aromatic heterocycles. The van der Waals surface area contributed by atoms with E-state index < -0.39 is 0 Å². The van der Waals surface area contributed by atoms with Crippen LogP contribution in [0.5, 0.6) is 0 Å². The topological polar surface area (TPSA) is 88.4 Å². The first-order valence-corrected chi connectivity index (χ1v) is 10.4. The minimum Gasteiger partial charge on any atom is -0.383 e. The van der Waals surface area contributed by atoms with Crippen LogP contribution in [0.2, 0.25) is 0 Å². The van der Waals surface area contributed by atoms with E-state index in [4.69, 9.17) is 0 Å². The zero-order chi connectivity index (χ0) is 22.1. The highest BCUT2D eigenvalue weighted by Gasteiger charge is 2.08. The molecule has 0 atom stereocenters. The first kappa shape index (κ1) is 23.4. The molecule has 0 saturated carbocycles. The zero-order valence-corrected chi connectivity index (χ0v) is 18.4. The predicted octanol–water partition coefficient (Wildman–Crippen LogP) is 1.91. The Hall–Kier alpha value is -2.87. The average molecular weight is 416 g/mol. The number of Topliss-reactive ketones (excluding diaryl/α,β-unsaturated/α-hetero) is 1. The molecule has 0 fully saturated rings. The van der Waals surface area contributed by atoms with Gasteiger partial charge < -0.3 is 15.5 Å². The average Bonchev–Trinajstić information content (AvgIpc) is 2.73. The van der Waals surface area contributed by atoms with Crippen LogP contribution in [-0.2, 0) is 14.1 Å². The second-order valence-corrected chi connectivity index (χ2v) is 7.42. The largest absolute Gasteiger partial charge is 0.383 e. The molecule has 0 aliphatic heterocycles. The van der Waals surface area contributed by atoms with Crippen molar-refractivity contribution < 1.29 is 4.79 Å². The van der Waals surface area contributed by atoms with Gasteiger partial charge in [0.15, 0.2) is 5.78 Å². The Bertz CT molecular complexity index is 964. The summed E-state index contributed by atoms with van der Waals surface area (Å²) in [5.74, 6) is 0.590. The molecule has 0 unspecified atom stereocenters. The number of hydrogen-bond donors (Lipinski definition) is 2. The third-order valence-corrected chi connectivity index (χ3v) is 5.07. The van der Waals surface area contributed by atoms with Crippen molar-refractivity contribution in [2.75, 3.05) is 43.4 Å². The lowest BCUT2D eigenvalue weighted by molar-refractivity contribution is 0.101.